The van der Waals surface area contributed by atoms with E-state index in [0.717, 1.165) is 0 Å². The summed E-state index contributed by atoms with van der Waals surface area (Å²) in [5.74, 6) is 0. The molecule has 1 radical (unpaired) electrons. The SMILES string of the molecule is C[CH2][Pb]([Cl])[CH2]C. The van der Waals surface area contributed by atoms with Gasteiger partial charge in [0.25, 0.3) is 0 Å². The molecule has 0 aromatic carbocycles. The molecule has 0 aliphatic carbocycles. The summed E-state index contributed by atoms with van der Waals surface area (Å²) in [6.45, 7) is 4.39. The van der Waals surface area contributed by atoms with E-state index in [9.17, 15) is 0 Å². The molecule has 0 heterocycles. The van der Waals surface area contributed by atoms with Crippen molar-refractivity contribution in [3.63, 3.8) is 0 Å². The van der Waals surface area contributed by atoms with Gasteiger partial charge in [0.05, 0.1) is 0 Å². The molecule has 0 spiro atoms. The van der Waals surface area contributed by atoms with Crippen molar-refractivity contribution in [2.45, 2.75) is 21.8 Å². The molecular weight excluding hydrogens is 291 g/mol. The fraction of sp³-hybridized carbons (Fsp3) is 1.00. The molecule has 0 unspecified atom stereocenters. The first-order chi connectivity index (χ1) is 2.81. The van der Waals surface area contributed by atoms with Crippen LogP contribution in [0.5, 0.6) is 0 Å². The van der Waals surface area contributed by atoms with Crippen molar-refractivity contribution < 1.29 is 0 Å². The van der Waals surface area contributed by atoms with E-state index in [1.54, 1.807) is 0 Å². The molecule has 0 aromatic heterocycles. The zero-order valence-electron chi connectivity index (χ0n) is 4.29. The minimum absolute atomic E-state index is 1.27. The first-order valence-corrected chi connectivity index (χ1v) is 12.6. The molecule has 0 aliphatic heterocycles. The molecule has 0 N–H and O–H groups in total. The van der Waals surface area contributed by atoms with Gasteiger partial charge in [-0.3, -0.25) is 0 Å². The van der Waals surface area contributed by atoms with Crippen molar-refractivity contribution in [2.75, 3.05) is 0 Å². The van der Waals surface area contributed by atoms with Gasteiger partial charge in [-0.05, 0) is 0 Å². The second kappa shape index (κ2) is 4.37. The average Bonchev–Trinajstić information content (AvgIpc) is 1.65. The first-order valence-electron chi connectivity index (χ1n) is 2.31. The Morgan fingerprint density at radius 1 is 1.33 bits per heavy atom. The zero-order valence-corrected chi connectivity index (χ0v) is 8.94. The van der Waals surface area contributed by atoms with E-state index < -0.39 is 21.5 Å². The van der Waals surface area contributed by atoms with Crippen molar-refractivity contribution in [1.82, 2.24) is 0 Å². The monoisotopic (exact) mass is 301 g/mol. The average molecular weight is 301 g/mol. The fourth-order valence-electron chi connectivity index (χ4n) is 0.250. The topological polar surface area (TPSA) is 0 Å². The van der Waals surface area contributed by atoms with Crippen LogP contribution in [0.3, 0.4) is 0 Å². The Bertz CT molecular complexity index is 26.7. The molecule has 0 fully saturated rings. The zero-order chi connectivity index (χ0) is 4.99. The van der Waals surface area contributed by atoms with Crippen LogP contribution in [-0.4, -0.2) is 21.5 Å². The predicted octanol–water partition coefficient (Wildman–Crippen LogP) is 2.26. The summed E-state index contributed by atoms with van der Waals surface area (Å²) >= 11 is -1.27. The van der Waals surface area contributed by atoms with Gasteiger partial charge in [-0.2, -0.15) is 0 Å². The van der Waals surface area contributed by atoms with E-state index in [-0.39, 0.29) is 0 Å². The maximum atomic E-state index is 5.86. The third-order valence-corrected chi connectivity index (χ3v) is 11.4. The van der Waals surface area contributed by atoms with Crippen LogP contribution in [0.4, 0.5) is 0 Å². The molecular formula is C4H10ClPb. The standard InChI is InChI=1S/2C2H5.ClH.Pb/c2*1-2;;/h2*1H2,2H3;1H;/q;;;+1/p-1. The molecule has 0 atom stereocenters. The second-order valence-electron chi connectivity index (χ2n) is 1.22. The molecule has 0 rings (SSSR count). The number of hydrogen-bond donors (Lipinski definition) is 0. The Balaban J connectivity index is 2.75. The summed E-state index contributed by atoms with van der Waals surface area (Å²) < 4.78 is 2.62. The molecule has 0 aromatic rings. The van der Waals surface area contributed by atoms with Crippen LogP contribution in [0.15, 0.2) is 0 Å². The van der Waals surface area contributed by atoms with E-state index in [1.807, 2.05) is 0 Å². The van der Waals surface area contributed by atoms with Crippen LogP contribution in [-0.2, 0) is 0 Å². The normalized spacial score (nSPS) is 10.0. The Labute approximate surface area is 51.5 Å². The van der Waals surface area contributed by atoms with E-state index in [1.165, 1.54) is 7.96 Å². The van der Waals surface area contributed by atoms with Crippen molar-refractivity contribution in [1.29, 1.82) is 0 Å². The van der Waals surface area contributed by atoms with Crippen molar-refractivity contribution in [2.24, 2.45) is 0 Å². The van der Waals surface area contributed by atoms with Crippen LogP contribution >= 0.6 is 8.32 Å². The Hall–Kier alpha value is 1.21. The molecule has 0 saturated heterocycles. The Morgan fingerprint density at radius 2 is 1.67 bits per heavy atom. The molecule has 0 saturated carbocycles. The number of hydrogen-bond acceptors (Lipinski definition) is 0. The summed E-state index contributed by atoms with van der Waals surface area (Å²) in [6, 6.07) is 0. The van der Waals surface area contributed by atoms with Gasteiger partial charge in [0, 0.05) is 0 Å². The van der Waals surface area contributed by atoms with Crippen molar-refractivity contribution in [3.8, 4) is 0 Å². The van der Waals surface area contributed by atoms with E-state index in [0.29, 0.717) is 0 Å². The van der Waals surface area contributed by atoms with Gasteiger partial charge < -0.3 is 0 Å². The van der Waals surface area contributed by atoms with Gasteiger partial charge in [0.15, 0.2) is 0 Å². The van der Waals surface area contributed by atoms with Gasteiger partial charge in [-0.25, -0.2) is 0 Å². The van der Waals surface area contributed by atoms with Crippen LogP contribution in [0.2, 0.25) is 7.96 Å². The number of halogens is 1. The minimum atomic E-state index is -1.27. The van der Waals surface area contributed by atoms with Gasteiger partial charge in [0.2, 0.25) is 0 Å². The Kier molecular flexibility index (Phi) is 5.26. The van der Waals surface area contributed by atoms with Crippen molar-refractivity contribution in [3.05, 3.63) is 0 Å². The number of rotatable bonds is 2. The van der Waals surface area contributed by atoms with Gasteiger partial charge >= 0.3 is 51.6 Å². The summed E-state index contributed by atoms with van der Waals surface area (Å²) in [5.41, 5.74) is 0. The van der Waals surface area contributed by atoms with Crippen LogP contribution in [0, 0.1) is 0 Å². The summed E-state index contributed by atoms with van der Waals surface area (Å²) in [6.07, 6.45) is 0. The summed E-state index contributed by atoms with van der Waals surface area (Å²) in [7, 11) is 5.86. The fourth-order valence-corrected chi connectivity index (χ4v) is 2.19. The molecule has 37 valence electrons. The quantitative estimate of drug-likeness (QED) is 0.686. The van der Waals surface area contributed by atoms with Crippen LogP contribution in [0.25, 0.3) is 0 Å². The van der Waals surface area contributed by atoms with Crippen molar-refractivity contribution >= 4 is 29.8 Å². The second-order valence-corrected chi connectivity index (χ2v) is 15.4. The molecule has 0 aliphatic rings. The van der Waals surface area contributed by atoms with Crippen LogP contribution < -0.4 is 0 Å². The molecule has 0 amide bonds. The summed E-state index contributed by atoms with van der Waals surface area (Å²) in [5, 5.41) is 0. The molecule has 0 nitrogen and oxygen atoms in total. The third-order valence-electron chi connectivity index (χ3n) is 0.767. The maximum absolute atomic E-state index is 5.86. The molecule has 2 heteroatoms. The predicted molar refractivity (Wildman–Crippen MR) is 32.6 cm³/mol. The third kappa shape index (κ3) is 3.40. The molecule has 0 bridgehead atoms. The van der Waals surface area contributed by atoms with E-state index in [4.69, 9.17) is 8.32 Å². The Morgan fingerprint density at radius 3 is 1.67 bits per heavy atom. The van der Waals surface area contributed by atoms with E-state index >= 15 is 0 Å². The van der Waals surface area contributed by atoms with Gasteiger partial charge in [-0.15, -0.1) is 0 Å². The van der Waals surface area contributed by atoms with Crippen LogP contribution in [0.1, 0.15) is 13.8 Å². The molecule has 6 heavy (non-hydrogen) atoms. The summed E-state index contributed by atoms with van der Waals surface area (Å²) in [4.78, 5) is 0. The van der Waals surface area contributed by atoms with Gasteiger partial charge in [0.1, 0.15) is 0 Å². The first kappa shape index (κ1) is 7.21. The van der Waals surface area contributed by atoms with E-state index in [2.05, 4.69) is 13.8 Å². The van der Waals surface area contributed by atoms with Gasteiger partial charge in [-0.1, -0.05) is 0 Å².